The second kappa shape index (κ2) is 6.49. The molecule has 134 valence electrons. The topological polar surface area (TPSA) is 89.9 Å². The summed E-state index contributed by atoms with van der Waals surface area (Å²) in [5, 5.41) is 10.5. The minimum Gasteiger partial charge on any atom is -0.334 e. The van der Waals surface area contributed by atoms with Crippen molar-refractivity contribution in [2.24, 2.45) is 11.7 Å². The van der Waals surface area contributed by atoms with Crippen LogP contribution in [0, 0.1) is 12.8 Å². The van der Waals surface area contributed by atoms with Crippen molar-refractivity contribution in [3.8, 4) is 5.69 Å². The predicted molar refractivity (Wildman–Crippen MR) is 99.1 cm³/mol. The molecule has 1 aliphatic rings. The number of pyridine rings is 1. The maximum absolute atomic E-state index is 13.0. The highest BCUT2D eigenvalue weighted by atomic mass is 16.2. The lowest BCUT2D eigenvalue weighted by atomic mass is 10.1. The molecule has 3 heterocycles. The molecule has 0 saturated carbocycles. The number of rotatable bonds is 3. The molecule has 2 aromatic heterocycles. The molecule has 1 amide bonds. The second-order valence-corrected chi connectivity index (χ2v) is 6.95. The van der Waals surface area contributed by atoms with Gasteiger partial charge in [0.05, 0.1) is 11.4 Å². The van der Waals surface area contributed by atoms with Gasteiger partial charge in [-0.05, 0) is 44.9 Å². The van der Waals surface area contributed by atoms with Gasteiger partial charge >= 0.3 is 0 Å². The Morgan fingerprint density at radius 3 is 2.96 bits per heavy atom. The third-order valence-corrected chi connectivity index (χ3v) is 5.24. The number of amides is 1. The first kappa shape index (κ1) is 16.7. The molecule has 0 aliphatic carbocycles. The van der Waals surface area contributed by atoms with E-state index < -0.39 is 0 Å². The van der Waals surface area contributed by atoms with Gasteiger partial charge in [-0.3, -0.25) is 9.78 Å². The largest absolute Gasteiger partial charge is 0.334 e. The Balaban J connectivity index is 1.72. The summed E-state index contributed by atoms with van der Waals surface area (Å²) in [6.45, 7) is 5.23. The van der Waals surface area contributed by atoms with Crippen LogP contribution >= 0.6 is 0 Å². The Hall–Kier alpha value is -2.80. The van der Waals surface area contributed by atoms with Crippen LogP contribution in [0.15, 0.2) is 36.7 Å². The van der Waals surface area contributed by atoms with Crippen LogP contribution < -0.4 is 5.73 Å². The number of fused-ring (bicyclic) bond motifs is 1. The zero-order valence-electron chi connectivity index (χ0n) is 15.0. The lowest BCUT2D eigenvalue weighted by Crippen LogP contribution is -2.35. The number of likely N-dealkylation sites (tertiary alicyclic amines) is 1. The summed E-state index contributed by atoms with van der Waals surface area (Å²) in [4.78, 5) is 19.0. The number of nitrogens with two attached hydrogens (primary N) is 1. The fourth-order valence-corrected chi connectivity index (χ4v) is 3.78. The summed E-state index contributed by atoms with van der Waals surface area (Å²) in [6.07, 6.45) is 4.50. The van der Waals surface area contributed by atoms with Crippen LogP contribution in [0.3, 0.4) is 0 Å². The van der Waals surface area contributed by atoms with Gasteiger partial charge in [0.2, 0.25) is 0 Å². The third-order valence-electron chi connectivity index (χ3n) is 5.24. The molecule has 1 aliphatic heterocycles. The SMILES string of the molecule is Cc1c(C(=O)N2CC(CN)CC2C)nnn1-c1cccc2cnccc12. The Bertz CT molecular complexity index is 960. The van der Waals surface area contributed by atoms with Crippen LogP contribution in [0.1, 0.15) is 29.5 Å². The van der Waals surface area contributed by atoms with Crippen molar-refractivity contribution in [2.45, 2.75) is 26.3 Å². The molecule has 2 unspecified atom stereocenters. The van der Waals surface area contributed by atoms with Gasteiger partial charge in [0.25, 0.3) is 5.91 Å². The Morgan fingerprint density at radius 1 is 1.35 bits per heavy atom. The molecule has 26 heavy (non-hydrogen) atoms. The van der Waals surface area contributed by atoms with Crippen molar-refractivity contribution in [2.75, 3.05) is 13.1 Å². The Labute approximate surface area is 151 Å². The van der Waals surface area contributed by atoms with Crippen molar-refractivity contribution in [1.29, 1.82) is 0 Å². The molecular formula is C19H22N6O. The van der Waals surface area contributed by atoms with Gasteiger partial charge in [-0.2, -0.15) is 0 Å². The first-order chi connectivity index (χ1) is 12.6. The van der Waals surface area contributed by atoms with E-state index in [-0.39, 0.29) is 11.9 Å². The van der Waals surface area contributed by atoms with Gasteiger partial charge in [0, 0.05) is 35.8 Å². The highest BCUT2D eigenvalue weighted by Gasteiger charge is 2.34. The van der Waals surface area contributed by atoms with E-state index in [1.165, 1.54) is 0 Å². The molecule has 7 heteroatoms. The molecule has 7 nitrogen and oxygen atoms in total. The molecule has 2 N–H and O–H groups in total. The van der Waals surface area contributed by atoms with Gasteiger partial charge in [-0.15, -0.1) is 5.10 Å². The monoisotopic (exact) mass is 350 g/mol. The van der Waals surface area contributed by atoms with Gasteiger partial charge in [-0.1, -0.05) is 17.3 Å². The highest BCUT2D eigenvalue weighted by molar-refractivity contribution is 5.94. The molecule has 1 saturated heterocycles. The molecule has 1 fully saturated rings. The number of benzene rings is 1. The zero-order valence-corrected chi connectivity index (χ0v) is 15.0. The van der Waals surface area contributed by atoms with Gasteiger partial charge in [-0.25, -0.2) is 4.68 Å². The molecule has 0 spiro atoms. The molecular weight excluding hydrogens is 328 g/mol. The predicted octanol–water partition coefficient (Wildman–Crippen LogP) is 1.93. The van der Waals surface area contributed by atoms with Gasteiger partial charge in [0.15, 0.2) is 5.69 Å². The van der Waals surface area contributed by atoms with E-state index in [0.717, 1.165) is 28.6 Å². The number of carbonyl (C=O) groups excluding carboxylic acids is 1. The third kappa shape index (κ3) is 2.64. The van der Waals surface area contributed by atoms with E-state index in [1.807, 2.05) is 42.3 Å². The molecule has 2 atom stereocenters. The lowest BCUT2D eigenvalue weighted by molar-refractivity contribution is 0.0736. The van der Waals surface area contributed by atoms with Crippen molar-refractivity contribution in [3.05, 3.63) is 48.0 Å². The van der Waals surface area contributed by atoms with Crippen LogP contribution in [-0.2, 0) is 0 Å². The fourth-order valence-electron chi connectivity index (χ4n) is 3.78. The summed E-state index contributed by atoms with van der Waals surface area (Å²) in [5.41, 5.74) is 7.82. The van der Waals surface area contributed by atoms with E-state index in [2.05, 4.69) is 22.2 Å². The van der Waals surface area contributed by atoms with Gasteiger partial charge < -0.3 is 10.6 Å². The summed E-state index contributed by atoms with van der Waals surface area (Å²) in [7, 11) is 0. The molecule has 4 rings (SSSR count). The smallest absolute Gasteiger partial charge is 0.276 e. The summed E-state index contributed by atoms with van der Waals surface area (Å²) >= 11 is 0. The van der Waals surface area contributed by atoms with Crippen LogP contribution in [-0.4, -0.2) is 49.9 Å². The quantitative estimate of drug-likeness (QED) is 0.779. The van der Waals surface area contributed by atoms with E-state index in [0.29, 0.717) is 24.7 Å². The van der Waals surface area contributed by atoms with E-state index >= 15 is 0 Å². The maximum Gasteiger partial charge on any atom is 0.276 e. The van der Waals surface area contributed by atoms with E-state index in [1.54, 1.807) is 10.9 Å². The zero-order chi connectivity index (χ0) is 18.3. The van der Waals surface area contributed by atoms with E-state index in [4.69, 9.17) is 5.73 Å². The van der Waals surface area contributed by atoms with Crippen molar-refractivity contribution in [1.82, 2.24) is 24.9 Å². The van der Waals surface area contributed by atoms with E-state index in [9.17, 15) is 4.79 Å². The number of carbonyl (C=O) groups is 1. The van der Waals surface area contributed by atoms with Crippen LogP contribution in [0.25, 0.3) is 16.5 Å². The summed E-state index contributed by atoms with van der Waals surface area (Å²) in [6, 6.07) is 8.05. The standard InChI is InChI=1S/C19H22N6O/c1-12-8-14(9-20)11-24(12)19(26)18-13(2)25(23-22-18)17-5-3-4-15-10-21-7-6-16(15)17/h3-7,10,12,14H,8-9,11,20H2,1-2H3. The Morgan fingerprint density at radius 2 is 2.19 bits per heavy atom. The number of aromatic nitrogens is 4. The molecule has 0 bridgehead atoms. The van der Waals surface area contributed by atoms with Gasteiger partial charge in [0.1, 0.15) is 0 Å². The summed E-state index contributed by atoms with van der Waals surface area (Å²) < 4.78 is 1.73. The fraction of sp³-hybridized carbons (Fsp3) is 0.368. The average molecular weight is 350 g/mol. The van der Waals surface area contributed by atoms with Crippen molar-refractivity contribution >= 4 is 16.7 Å². The number of nitrogens with zero attached hydrogens (tertiary/aromatic N) is 5. The van der Waals surface area contributed by atoms with Crippen LogP contribution in [0.2, 0.25) is 0 Å². The highest BCUT2D eigenvalue weighted by Crippen LogP contribution is 2.26. The van der Waals surface area contributed by atoms with Crippen LogP contribution in [0.5, 0.6) is 0 Å². The molecule has 1 aromatic carbocycles. The average Bonchev–Trinajstić information content (AvgIpc) is 3.23. The normalized spacial score (nSPS) is 20.0. The molecule has 0 radical (unpaired) electrons. The minimum absolute atomic E-state index is 0.0703. The summed E-state index contributed by atoms with van der Waals surface area (Å²) in [5.74, 6) is 0.286. The maximum atomic E-state index is 13.0. The molecule has 3 aromatic rings. The number of hydrogen-bond acceptors (Lipinski definition) is 5. The van der Waals surface area contributed by atoms with Crippen molar-refractivity contribution < 1.29 is 4.79 Å². The second-order valence-electron chi connectivity index (χ2n) is 6.95. The first-order valence-corrected chi connectivity index (χ1v) is 8.86. The van der Waals surface area contributed by atoms with Crippen LogP contribution in [0.4, 0.5) is 0 Å². The number of hydrogen-bond donors (Lipinski definition) is 1. The van der Waals surface area contributed by atoms with Crippen molar-refractivity contribution in [3.63, 3.8) is 0 Å². The first-order valence-electron chi connectivity index (χ1n) is 8.86. The Kier molecular flexibility index (Phi) is 4.16. The minimum atomic E-state index is -0.0703. The lowest BCUT2D eigenvalue weighted by Gasteiger charge is -2.20.